The van der Waals surface area contributed by atoms with Gasteiger partial charge in [-0.2, -0.15) is 5.10 Å². The summed E-state index contributed by atoms with van der Waals surface area (Å²) in [6, 6.07) is 8.72. The largest absolute Gasteiger partial charge is 0.273 e. The first-order valence-corrected chi connectivity index (χ1v) is 6.57. The minimum absolute atomic E-state index is 0.0723. The van der Waals surface area contributed by atoms with Gasteiger partial charge in [0.1, 0.15) is 0 Å². The molecule has 1 aromatic carbocycles. The summed E-state index contributed by atoms with van der Waals surface area (Å²) < 4.78 is 0. The maximum Gasteiger partial charge on any atom is 0.244 e. The summed E-state index contributed by atoms with van der Waals surface area (Å²) in [5.41, 5.74) is 3.80. The molecule has 0 spiro atoms. The molecule has 0 saturated carbocycles. The predicted molar refractivity (Wildman–Crippen MR) is 80.1 cm³/mol. The van der Waals surface area contributed by atoms with Gasteiger partial charge in [0.2, 0.25) is 5.91 Å². The normalized spacial score (nSPS) is 10.7. The summed E-state index contributed by atoms with van der Waals surface area (Å²) in [6.45, 7) is 0. The molecule has 0 fully saturated rings. The Kier molecular flexibility index (Phi) is 5.09. The number of nitrogens with zero attached hydrogens (tertiary/aromatic N) is 2. The van der Waals surface area contributed by atoms with Gasteiger partial charge in [0.05, 0.1) is 12.6 Å². The van der Waals surface area contributed by atoms with E-state index in [0.717, 1.165) is 5.56 Å². The van der Waals surface area contributed by atoms with Crippen LogP contribution in [0.1, 0.15) is 11.1 Å². The highest BCUT2D eigenvalue weighted by molar-refractivity contribution is 6.36. The molecule has 0 bridgehead atoms. The van der Waals surface area contributed by atoms with Crippen molar-refractivity contribution in [2.45, 2.75) is 6.42 Å². The highest BCUT2D eigenvalue weighted by Gasteiger charge is 2.09. The van der Waals surface area contributed by atoms with Crippen molar-refractivity contribution in [2.24, 2.45) is 5.10 Å². The SMILES string of the molecule is O=C(Cc1c(Cl)cccc1Cl)N/N=C\c1cccnc1. The number of amides is 1. The number of nitrogens with one attached hydrogen (secondary N) is 1. The molecule has 0 aliphatic heterocycles. The Morgan fingerprint density at radius 2 is 2.00 bits per heavy atom. The van der Waals surface area contributed by atoms with E-state index in [9.17, 15) is 4.79 Å². The number of hydrazone groups is 1. The lowest BCUT2D eigenvalue weighted by Crippen LogP contribution is -2.20. The van der Waals surface area contributed by atoms with E-state index in [1.807, 2.05) is 6.07 Å². The molecule has 0 radical (unpaired) electrons. The lowest BCUT2D eigenvalue weighted by molar-refractivity contribution is -0.120. The molecule has 1 heterocycles. The monoisotopic (exact) mass is 307 g/mol. The van der Waals surface area contributed by atoms with Crippen molar-refractivity contribution in [2.75, 3.05) is 0 Å². The maximum absolute atomic E-state index is 11.7. The van der Waals surface area contributed by atoms with E-state index in [0.29, 0.717) is 15.6 Å². The van der Waals surface area contributed by atoms with E-state index in [1.54, 1.807) is 36.7 Å². The van der Waals surface area contributed by atoms with Crippen LogP contribution in [-0.4, -0.2) is 17.1 Å². The van der Waals surface area contributed by atoms with Gasteiger partial charge in [-0.25, -0.2) is 5.43 Å². The first-order valence-electron chi connectivity index (χ1n) is 5.81. The Morgan fingerprint density at radius 3 is 2.65 bits per heavy atom. The molecule has 0 aliphatic rings. The lowest BCUT2D eigenvalue weighted by Gasteiger charge is -2.05. The minimum atomic E-state index is -0.292. The van der Waals surface area contributed by atoms with Crippen molar-refractivity contribution < 1.29 is 4.79 Å². The second kappa shape index (κ2) is 7.03. The highest BCUT2D eigenvalue weighted by atomic mass is 35.5. The summed E-state index contributed by atoms with van der Waals surface area (Å²) in [6.07, 6.45) is 4.89. The zero-order valence-electron chi connectivity index (χ0n) is 10.4. The summed E-state index contributed by atoms with van der Waals surface area (Å²) >= 11 is 12.0. The molecule has 0 aliphatic carbocycles. The van der Waals surface area contributed by atoms with Gasteiger partial charge in [-0.15, -0.1) is 0 Å². The zero-order valence-corrected chi connectivity index (χ0v) is 11.9. The molecule has 2 aromatic rings. The Labute approximate surface area is 126 Å². The fraction of sp³-hybridized carbons (Fsp3) is 0.0714. The van der Waals surface area contributed by atoms with Crippen LogP contribution < -0.4 is 5.43 Å². The fourth-order valence-electron chi connectivity index (χ4n) is 1.53. The number of benzene rings is 1. The Morgan fingerprint density at radius 1 is 1.25 bits per heavy atom. The summed E-state index contributed by atoms with van der Waals surface area (Å²) in [5, 5.41) is 4.77. The molecule has 2 rings (SSSR count). The van der Waals surface area contributed by atoms with E-state index in [-0.39, 0.29) is 12.3 Å². The third-order valence-electron chi connectivity index (χ3n) is 2.49. The van der Waals surface area contributed by atoms with Gasteiger partial charge in [-0.1, -0.05) is 35.3 Å². The fourth-order valence-corrected chi connectivity index (χ4v) is 2.06. The molecular formula is C14H11Cl2N3O. The number of carbonyl (C=O) groups excluding carboxylic acids is 1. The third-order valence-corrected chi connectivity index (χ3v) is 3.19. The molecule has 20 heavy (non-hydrogen) atoms. The molecule has 4 nitrogen and oxygen atoms in total. The molecule has 1 N–H and O–H groups in total. The Hall–Kier alpha value is -1.91. The second-order valence-electron chi connectivity index (χ2n) is 3.96. The predicted octanol–water partition coefficient (Wildman–Crippen LogP) is 3.08. The Balaban J connectivity index is 1.95. The third kappa shape index (κ3) is 4.05. The quantitative estimate of drug-likeness (QED) is 0.697. The molecule has 0 saturated heterocycles. The van der Waals surface area contributed by atoms with E-state index >= 15 is 0 Å². The smallest absolute Gasteiger partial charge is 0.244 e. The molecule has 1 amide bonds. The molecule has 1 aromatic heterocycles. The van der Waals surface area contributed by atoms with Gasteiger partial charge in [0.25, 0.3) is 0 Å². The van der Waals surface area contributed by atoms with Crippen molar-refractivity contribution in [3.63, 3.8) is 0 Å². The van der Waals surface area contributed by atoms with Crippen LogP contribution in [0.5, 0.6) is 0 Å². The van der Waals surface area contributed by atoms with Crippen molar-refractivity contribution >= 4 is 35.3 Å². The van der Waals surface area contributed by atoms with Gasteiger partial charge in [0, 0.05) is 28.0 Å². The van der Waals surface area contributed by atoms with Gasteiger partial charge >= 0.3 is 0 Å². The first-order chi connectivity index (χ1) is 9.66. The number of pyridine rings is 1. The van der Waals surface area contributed by atoms with Crippen LogP contribution in [0.4, 0.5) is 0 Å². The van der Waals surface area contributed by atoms with Crippen LogP contribution in [0, 0.1) is 0 Å². The number of rotatable bonds is 4. The number of aromatic nitrogens is 1. The van der Waals surface area contributed by atoms with Gasteiger partial charge in [-0.05, 0) is 23.8 Å². The van der Waals surface area contributed by atoms with E-state index < -0.39 is 0 Å². The Bertz CT molecular complexity index is 609. The summed E-state index contributed by atoms with van der Waals surface area (Å²) in [7, 11) is 0. The van der Waals surface area contributed by atoms with Crippen molar-refractivity contribution in [1.29, 1.82) is 0 Å². The maximum atomic E-state index is 11.7. The standard InChI is InChI=1S/C14H11Cl2N3O/c15-12-4-1-5-13(16)11(12)7-14(20)19-18-9-10-3-2-6-17-8-10/h1-6,8-9H,7H2,(H,19,20)/b18-9-. The summed E-state index contributed by atoms with van der Waals surface area (Å²) in [4.78, 5) is 15.7. The first kappa shape index (κ1) is 14.5. The van der Waals surface area contributed by atoms with Crippen LogP contribution in [0.3, 0.4) is 0 Å². The zero-order chi connectivity index (χ0) is 14.4. The van der Waals surface area contributed by atoms with Crippen LogP contribution in [0.15, 0.2) is 47.8 Å². The van der Waals surface area contributed by atoms with Crippen LogP contribution in [0.25, 0.3) is 0 Å². The van der Waals surface area contributed by atoms with E-state index in [1.165, 1.54) is 6.21 Å². The van der Waals surface area contributed by atoms with E-state index in [4.69, 9.17) is 23.2 Å². The topological polar surface area (TPSA) is 54.4 Å². The molecule has 0 unspecified atom stereocenters. The molecule has 102 valence electrons. The van der Waals surface area contributed by atoms with Crippen molar-refractivity contribution in [3.8, 4) is 0 Å². The van der Waals surface area contributed by atoms with Crippen LogP contribution >= 0.6 is 23.2 Å². The number of halogens is 2. The lowest BCUT2D eigenvalue weighted by atomic mass is 10.1. The number of carbonyl (C=O) groups is 1. The molecular weight excluding hydrogens is 297 g/mol. The number of hydrogen-bond acceptors (Lipinski definition) is 3. The van der Waals surface area contributed by atoms with Gasteiger partial charge in [0.15, 0.2) is 0 Å². The van der Waals surface area contributed by atoms with Crippen molar-refractivity contribution in [1.82, 2.24) is 10.4 Å². The average molecular weight is 308 g/mol. The number of hydrogen-bond donors (Lipinski definition) is 1. The van der Waals surface area contributed by atoms with Crippen molar-refractivity contribution in [3.05, 3.63) is 63.9 Å². The van der Waals surface area contributed by atoms with Crippen LogP contribution in [-0.2, 0) is 11.2 Å². The summed E-state index contributed by atoms with van der Waals surface area (Å²) in [5.74, 6) is -0.292. The minimum Gasteiger partial charge on any atom is -0.273 e. The molecule has 0 atom stereocenters. The average Bonchev–Trinajstić information content (AvgIpc) is 2.44. The highest BCUT2D eigenvalue weighted by Crippen LogP contribution is 2.24. The van der Waals surface area contributed by atoms with Gasteiger partial charge < -0.3 is 0 Å². The van der Waals surface area contributed by atoms with Gasteiger partial charge in [-0.3, -0.25) is 9.78 Å². The molecule has 6 heteroatoms. The van der Waals surface area contributed by atoms with Crippen LogP contribution in [0.2, 0.25) is 10.0 Å². The van der Waals surface area contributed by atoms with E-state index in [2.05, 4.69) is 15.5 Å². The second-order valence-corrected chi connectivity index (χ2v) is 4.77.